The molecule has 0 fully saturated rings. The normalized spacial score (nSPS) is 14.8. The summed E-state index contributed by atoms with van der Waals surface area (Å²) in [6, 6.07) is 4.00. The number of nitrogens with one attached hydrogen (secondary N) is 1. The van der Waals surface area contributed by atoms with Gasteiger partial charge in [0.2, 0.25) is 0 Å². The van der Waals surface area contributed by atoms with E-state index in [1.54, 1.807) is 11.3 Å². The first-order chi connectivity index (χ1) is 12.7. The van der Waals surface area contributed by atoms with Crippen LogP contribution in [-0.2, 0) is 25.9 Å². The van der Waals surface area contributed by atoms with Gasteiger partial charge in [-0.2, -0.15) is 0 Å². The fourth-order valence-electron chi connectivity index (χ4n) is 3.31. The molecule has 26 heavy (non-hydrogen) atoms. The molecule has 0 aromatic carbocycles. The van der Waals surface area contributed by atoms with Crippen LogP contribution in [0.3, 0.4) is 0 Å². The molecule has 1 N–H and O–H groups in total. The van der Waals surface area contributed by atoms with Crippen LogP contribution in [0.4, 0.5) is 0 Å². The molecule has 6 nitrogen and oxygen atoms in total. The number of aryl methyl sites for hydroxylation is 2. The Balaban J connectivity index is 1.45. The zero-order chi connectivity index (χ0) is 18.4. The van der Waals surface area contributed by atoms with E-state index in [1.807, 2.05) is 20.2 Å². The Hall–Kier alpha value is -1.60. The lowest BCUT2D eigenvalue weighted by Gasteiger charge is -2.21. The predicted molar refractivity (Wildman–Crippen MR) is 108 cm³/mol. The maximum Gasteiger partial charge on any atom is 0.193 e. The summed E-state index contributed by atoms with van der Waals surface area (Å²) in [7, 11) is 3.86. The molecule has 0 spiro atoms. The monoisotopic (exact) mass is 394 g/mol. The topological polar surface area (TPSA) is 58.3 Å². The summed E-state index contributed by atoms with van der Waals surface area (Å²) >= 11 is 7.62. The van der Waals surface area contributed by atoms with Gasteiger partial charge in [0, 0.05) is 44.9 Å². The van der Waals surface area contributed by atoms with Gasteiger partial charge in [-0.25, -0.2) is 0 Å². The molecule has 2 aromatic rings. The van der Waals surface area contributed by atoms with Crippen molar-refractivity contribution in [1.82, 2.24) is 25.0 Å². The van der Waals surface area contributed by atoms with E-state index in [9.17, 15) is 0 Å². The standard InChI is InChI=1S/C18H27ClN6S/c1-20-18(24(2)13-14-9-10-15(19)26-14)21-11-6-8-17-23-22-16-7-4-3-5-12-25(16)17/h9-10H,3-8,11-13H2,1-2H3,(H,20,21). The van der Waals surface area contributed by atoms with Gasteiger partial charge in [0.15, 0.2) is 5.96 Å². The second-order valence-electron chi connectivity index (χ2n) is 6.63. The van der Waals surface area contributed by atoms with Gasteiger partial charge in [0.25, 0.3) is 0 Å². The summed E-state index contributed by atoms with van der Waals surface area (Å²) in [5.41, 5.74) is 0. The Bertz CT molecular complexity index is 738. The van der Waals surface area contributed by atoms with Gasteiger partial charge in [-0.05, 0) is 31.4 Å². The van der Waals surface area contributed by atoms with Crippen LogP contribution in [0.15, 0.2) is 17.1 Å². The summed E-state index contributed by atoms with van der Waals surface area (Å²) < 4.78 is 3.15. The summed E-state index contributed by atoms with van der Waals surface area (Å²) in [6.45, 7) is 2.73. The Morgan fingerprint density at radius 3 is 3.00 bits per heavy atom. The molecule has 0 atom stereocenters. The molecule has 0 bridgehead atoms. The van der Waals surface area contributed by atoms with Gasteiger partial charge >= 0.3 is 0 Å². The number of hydrogen-bond acceptors (Lipinski definition) is 4. The summed E-state index contributed by atoms with van der Waals surface area (Å²) in [6.07, 6.45) is 6.78. The third-order valence-corrected chi connectivity index (χ3v) is 5.86. The second kappa shape index (κ2) is 9.37. The van der Waals surface area contributed by atoms with Crippen molar-refractivity contribution in [3.05, 3.63) is 33.0 Å². The average Bonchev–Trinajstić information content (AvgIpc) is 3.12. The molecule has 0 unspecified atom stereocenters. The number of guanidine groups is 1. The van der Waals surface area contributed by atoms with Crippen LogP contribution in [0, 0.1) is 0 Å². The van der Waals surface area contributed by atoms with E-state index in [0.717, 1.165) is 60.8 Å². The van der Waals surface area contributed by atoms with Crippen LogP contribution in [0.2, 0.25) is 4.34 Å². The molecular formula is C18H27ClN6S. The number of halogens is 1. The quantitative estimate of drug-likeness (QED) is 0.463. The zero-order valence-electron chi connectivity index (χ0n) is 15.5. The lowest BCUT2D eigenvalue weighted by molar-refractivity contribution is 0.479. The highest BCUT2D eigenvalue weighted by Gasteiger charge is 2.14. The van der Waals surface area contributed by atoms with Crippen molar-refractivity contribution < 1.29 is 0 Å². The number of nitrogens with zero attached hydrogens (tertiary/aromatic N) is 5. The van der Waals surface area contributed by atoms with Crippen LogP contribution in [0.1, 0.15) is 42.2 Å². The highest BCUT2D eigenvalue weighted by Crippen LogP contribution is 2.22. The number of rotatable bonds is 6. The lowest BCUT2D eigenvalue weighted by atomic mass is 10.2. The van der Waals surface area contributed by atoms with Crippen molar-refractivity contribution in [3.63, 3.8) is 0 Å². The van der Waals surface area contributed by atoms with Gasteiger partial charge < -0.3 is 14.8 Å². The summed E-state index contributed by atoms with van der Waals surface area (Å²) in [4.78, 5) is 7.72. The molecule has 1 aliphatic rings. The van der Waals surface area contributed by atoms with E-state index in [0.29, 0.717) is 0 Å². The predicted octanol–water partition coefficient (Wildman–Crippen LogP) is 3.36. The van der Waals surface area contributed by atoms with Crippen LogP contribution in [0.5, 0.6) is 0 Å². The van der Waals surface area contributed by atoms with Crippen LogP contribution in [0.25, 0.3) is 0 Å². The van der Waals surface area contributed by atoms with Crippen LogP contribution >= 0.6 is 22.9 Å². The summed E-state index contributed by atoms with van der Waals surface area (Å²) in [5, 5.41) is 12.2. The number of thiophene rings is 1. The molecule has 0 amide bonds. The van der Waals surface area contributed by atoms with Gasteiger partial charge in [-0.15, -0.1) is 21.5 Å². The lowest BCUT2D eigenvalue weighted by Crippen LogP contribution is -2.38. The van der Waals surface area contributed by atoms with Gasteiger partial charge in [0.1, 0.15) is 11.6 Å². The first-order valence-corrected chi connectivity index (χ1v) is 10.4. The maximum absolute atomic E-state index is 6.01. The number of aliphatic imine (C=N–C) groups is 1. The average molecular weight is 395 g/mol. The van der Waals surface area contributed by atoms with Crippen molar-refractivity contribution in [2.75, 3.05) is 20.6 Å². The molecule has 1 aliphatic heterocycles. The van der Waals surface area contributed by atoms with Crippen molar-refractivity contribution in [3.8, 4) is 0 Å². The van der Waals surface area contributed by atoms with Gasteiger partial charge in [-0.1, -0.05) is 18.0 Å². The Morgan fingerprint density at radius 1 is 1.35 bits per heavy atom. The molecule has 8 heteroatoms. The first kappa shape index (κ1) is 19.2. The Kier molecular flexibility index (Phi) is 6.91. The number of hydrogen-bond donors (Lipinski definition) is 1. The minimum absolute atomic E-state index is 0.800. The molecule has 142 valence electrons. The fraction of sp³-hybridized carbons (Fsp3) is 0.611. The van der Waals surface area contributed by atoms with Crippen molar-refractivity contribution in [2.45, 2.75) is 51.6 Å². The highest BCUT2D eigenvalue weighted by atomic mass is 35.5. The molecule has 0 saturated heterocycles. The van der Waals surface area contributed by atoms with E-state index in [4.69, 9.17) is 11.6 Å². The smallest absolute Gasteiger partial charge is 0.193 e. The number of aromatic nitrogens is 3. The molecule has 0 saturated carbocycles. The van der Waals surface area contributed by atoms with E-state index >= 15 is 0 Å². The molecule has 2 aromatic heterocycles. The van der Waals surface area contributed by atoms with Gasteiger partial charge in [-0.3, -0.25) is 4.99 Å². The van der Waals surface area contributed by atoms with E-state index in [2.05, 4.69) is 36.0 Å². The highest BCUT2D eigenvalue weighted by molar-refractivity contribution is 7.16. The van der Waals surface area contributed by atoms with E-state index < -0.39 is 0 Å². The van der Waals surface area contributed by atoms with Crippen molar-refractivity contribution >= 4 is 28.9 Å². The third-order valence-electron chi connectivity index (χ3n) is 4.64. The Labute approximate surface area is 164 Å². The molecular weight excluding hydrogens is 368 g/mol. The van der Waals surface area contributed by atoms with Gasteiger partial charge in [0.05, 0.1) is 10.9 Å². The molecule has 0 radical (unpaired) electrons. The first-order valence-electron chi connectivity index (χ1n) is 9.24. The van der Waals surface area contributed by atoms with Crippen molar-refractivity contribution in [2.24, 2.45) is 4.99 Å². The SMILES string of the molecule is CN=C(NCCCc1nnc2n1CCCCC2)N(C)Cc1ccc(Cl)s1. The maximum atomic E-state index is 6.01. The number of fused-ring (bicyclic) bond motifs is 1. The minimum Gasteiger partial charge on any atom is -0.356 e. The second-order valence-corrected chi connectivity index (χ2v) is 8.43. The molecule has 0 aliphatic carbocycles. The minimum atomic E-state index is 0.800. The molecule has 3 rings (SSSR count). The third kappa shape index (κ3) is 4.98. The summed E-state index contributed by atoms with van der Waals surface area (Å²) in [5.74, 6) is 3.19. The van der Waals surface area contributed by atoms with E-state index in [-0.39, 0.29) is 0 Å². The van der Waals surface area contributed by atoms with Crippen LogP contribution in [-0.4, -0.2) is 46.3 Å². The zero-order valence-corrected chi connectivity index (χ0v) is 17.1. The fourth-order valence-corrected chi connectivity index (χ4v) is 4.45. The van der Waals surface area contributed by atoms with Crippen LogP contribution < -0.4 is 5.32 Å². The Morgan fingerprint density at radius 2 is 2.23 bits per heavy atom. The largest absolute Gasteiger partial charge is 0.356 e. The van der Waals surface area contributed by atoms with E-state index in [1.165, 1.54) is 24.1 Å². The molecule has 3 heterocycles. The van der Waals surface area contributed by atoms with Crippen molar-refractivity contribution in [1.29, 1.82) is 0 Å².